The lowest BCUT2D eigenvalue weighted by atomic mass is 10.1. The van der Waals surface area contributed by atoms with Crippen LogP contribution in [0.3, 0.4) is 0 Å². The first-order valence-corrected chi connectivity index (χ1v) is 6.09. The number of carbonyl (C=O) groups excluding carboxylic acids is 2. The molecule has 0 spiro atoms. The summed E-state index contributed by atoms with van der Waals surface area (Å²) in [7, 11) is 0. The van der Waals surface area contributed by atoms with Gasteiger partial charge in [0.05, 0.1) is 0 Å². The third kappa shape index (κ3) is 3.38. The summed E-state index contributed by atoms with van der Waals surface area (Å²) in [4.78, 5) is 22.5. The predicted octanol–water partition coefficient (Wildman–Crippen LogP) is 0.247. The van der Waals surface area contributed by atoms with Gasteiger partial charge in [0.2, 0.25) is 11.0 Å². The molecular weight excluding hydrogens is 242 g/mol. The second-order valence-electron chi connectivity index (χ2n) is 3.76. The lowest BCUT2D eigenvalue weighted by Gasteiger charge is -2.23. The van der Waals surface area contributed by atoms with Crippen molar-refractivity contribution in [1.29, 1.82) is 0 Å². The Labute approximate surface area is 102 Å². The SMILES string of the molecule is Cc1nnc(NC(=O)N[C@H]2CCC(=O)NC2)s1. The third-order valence-corrected chi connectivity index (χ3v) is 3.10. The molecule has 1 saturated heterocycles. The van der Waals surface area contributed by atoms with Crippen molar-refractivity contribution < 1.29 is 9.59 Å². The minimum absolute atomic E-state index is 0.0262. The first kappa shape index (κ1) is 11.8. The summed E-state index contributed by atoms with van der Waals surface area (Å²) < 4.78 is 0. The number of anilines is 1. The Morgan fingerprint density at radius 3 is 2.94 bits per heavy atom. The van der Waals surface area contributed by atoms with E-state index in [1.807, 2.05) is 6.92 Å². The van der Waals surface area contributed by atoms with E-state index in [9.17, 15) is 9.59 Å². The van der Waals surface area contributed by atoms with E-state index in [0.29, 0.717) is 24.5 Å². The topological polar surface area (TPSA) is 96.0 Å². The van der Waals surface area contributed by atoms with Crippen LogP contribution in [0.5, 0.6) is 0 Å². The average molecular weight is 255 g/mol. The first-order chi connectivity index (χ1) is 8.13. The maximum atomic E-state index is 11.6. The Hall–Kier alpha value is -1.70. The fourth-order valence-electron chi connectivity index (χ4n) is 1.52. The summed E-state index contributed by atoms with van der Waals surface area (Å²) in [6.07, 6.45) is 1.11. The summed E-state index contributed by atoms with van der Waals surface area (Å²) >= 11 is 1.31. The molecule has 0 unspecified atom stereocenters. The Morgan fingerprint density at radius 1 is 1.53 bits per heavy atom. The van der Waals surface area contributed by atoms with Crippen molar-refractivity contribution in [2.24, 2.45) is 0 Å². The lowest BCUT2D eigenvalue weighted by Crippen LogP contribution is -2.48. The highest BCUT2D eigenvalue weighted by molar-refractivity contribution is 7.15. The fraction of sp³-hybridized carbons (Fsp3) is 0.556. The number of aryl methyl sites for hydroxylation is 1. The van der Waals surface area contributed by atoms with Gasteiger partial charge in [-0.25, -0.2) is 4.79 Å². The molecule has 92 valence electrons. The highest BCUT2D eigenvalue weighted by atomic mass is 32.1. The number of urea groups is 1. The van der Waals surface area contributed by atoms with Gasteiger partial charge in [-0.1, -0.05) is 11.3 Å². The van der Waals surface area contributed by atoms with Gasteiger partial charge in [-0.2, -0.15) is 0 Å². The van der Waals surface area contributed by atoms with Crippen molar-refractivity contribution in [2.45, 2.75) is 25.8 Å². The van der Waals surface area contributed by atoms with Crippen LogP contribution >= 0.6 is 11.3 Å². The zero-order valence-corrected chi connectivity index (χ0v) is 10.1. The van der Waals surface area contributed by atoms with Crippen LogP contribution < -0.4 is 16.0 Å². The Kier molecular flexibility index (Phi) is 3.52. The molecule has 0 saturated carbocycles. The number of piperidine rings is 1. The molecule has 1 aromatic rings. The summed E-state index contributed by atoms with van der Waals surface area (Å²) in [5, 5.41) is 16.9. The van der Waals surface area contributed by atoms with Crippen LogP contribution in [0.25, 0.3) is 0 Å². The molecule has 3 amide bonds. The van der Waals surface area contributed by atoms with Gasteiger partial charge in [-0.15, -0.1) is 10.2 Å². The Balaban J connectivity index is 1.79. The van der Waals surface area contributed by atoms with Crippen molar-refractivity contribution in [3.8, 4) is 0 Å². The molecule has 1 aromatic heterocycles. The van der Waals surface area contributed by atoms with Gasteiger partial charge in [0.15, 0.2) is 0 Å². The maximum absolute atomic E-state index is 11.6. The summed E-state index contributed by atoms with van der Waals surface area (Å²) in [5.74, 6) is 0.0307. The van der Waals surface area contributed by atoms with Gasteiger partial charge in [0.1, 0.15) is 5.01 Å². The smallest absolute Gasteiger partial charge is 0.321 e. The minimum atomic E-state index is -0.317. The molecule has 2 heterocycles. The second-order valence-corrected chi connectivity index (χ2v) is 4.95. The summed E-state index contributed by atoms with van der Waals surface area (Å²) in [6.45, 7) is 2.29. The van der Waals surface area contributed by atoms with Crippen molar-refractivity contribution >= 4 is 28.4 Å². The molecular formula is C9H13N5O2S. The molecule has 0 aliphatic carbocycles. The molecule has 8 heteroatoms. The maximum Gasteiger partial charge on any atom is 0.321 e. The number of hydrogen-bond donors (Lipinski definition) is 3. The standard InChI is InChI=1S/C9H13N5O2S/c1-5-13-14-9(17-5)12-8(16)11-6-2-3-7(15)10-4-6/h6H,2-4H2,1H3,(H,10,15)(H2,11,12,14,16)/t6-/m0/s1. The third-order valence-electron chi connectivity index (χ3n) is 2.35. The largest absolute Gasteiger partial charge is 0.354 e. The number of carbonyl (C=O) groups is 2. The zero-order chi connectivity index (χ0) is 12.3. The fourth-order valence-corrected chi connectivity index (χ4v) is 2.11. The highest BCUT2D eigenvalue weighted by Gasteiger charge is 2.19. The van der Waals surface area contributed by atoms with Gasteiger partial charge in [-0.05, 0) is 13.3 Å². The van der Waals surface area contributed by atoms with E-state index in [4.69, 9.17) is 0 Å². The average Bonchev–Trinajstić information content (AvgIpc) is 2.67. The molecule has 2 rings (SSSR count). The molecule has 0 radical (unpaired) electrons. The Morgan fingerprint density at radius 2 is 2.35 bits per heavy atom. The van der Waals surface area contributed by atoms with Gasteiger partial charge in [-0.3, -0.25) is 10.1 Å². The number of aromatic nitrogens is 2. The number of amides is 3. The normalized spacial score (nSPS) is 19.6. The molecule has 0 aromatic carbocycles. The number of nitrogens with one attached hydrogen (secondary N) is 3. The summed E-state index contributed by atoms with van der Waals surface area (Å²) in [6, 6.07) is -0.344. The van der Waals surface area contributed by atoms with Crippen LogP contribution in [0, 0.1) is 6.92 Å². The van der Waals surface area contributed by atoms with E-state index in [-0.39, 0.29) is 18.0 Å². The minimum Gasteiger partial charge on any atom is -0.354 e. The quantitative estimate of drug-likeness (QED) is 0.705. The van der Waals surface area contributed by atoms with Crippen molar-refractivity contribution in [3.05, 3.63) is 5.01 Å². The molecule has 1 aliphatic rings. The van der Waals surface area contributed by atoms with E-state index in [1.165, 1.54) is 11.3 Å². The van der Waals surface area contributed by atoms with E-state index >= 15 is 0 Å². The molecule has 7 nitrogen and oxygen atoms in total. The Bertz CT molecular complexity index is 423. The molecule has 1 aliphatic heterocycles. The molecule has 0 bridgehead atoms. The zero-order valence-electron chi connectivity index (χ0n) is 9.32. The number of hydrogen-bond acceptors (Lipinski definition) is 5. The van der Waals surface area contributed by atoms with Crippen molar-refractivity contribution in [2.75, 3.05) is 11.9 Å². The van der Waals surface area contributed by atoms with Crippen LogP contribution in [0.4, 0.5) is 9.93 Å². The molecule has 3 N–H and O–H groups in total. The van der Waals surface area contributed by atoms with Crippen LogP contribution in [0.1, 0.15) is 17.8 Å². The summed E-state index contributed by atoms with van der Waals surface area (Å²) in [5.41, 5.74) is 0. The lowest BCUT2D eigenvalue weighted by molar-refractivity contribution is -0.122. The second kappa shape index (κ2) is 5.09. The van der Waals surface area contributed by atoms with Crippen LogP contribution in [-0.4, -0.2) is 34.7 Å². The number of rotatable bonds is 2. The van der Waals surface area contributed by atoms with E-state index in [2.05, 4.69) is 26.1 Å². The van der Waals surface area contributed by atoms with Gasteiger partial charge in [0, 0.05) is 19.0 Å². The van der Waals surface area contributed by atoms with Gasteiger partial charge in [0.25, 0.3) is 0 Å². The molecule has 17 heavy (non-hydrogen) atoms. The monoisotopic (exact) mass is 255 g/mol. The van der Waals surface area contributed by atoms with Crippen LogP contribution in [0.2, 0.25) is 0 Å². The van der Waals surface area contributed by atoms with E-state index < -0.39 is 0 Å². The van der Waals surface area contributed by atoms with Crippen molar-refractivity contribution in [3.63, 3.8) is 0 Å². The predicted molar refractivity (Wildman–Crippen MR) is 62.8 cm³/mol. The van der Waals surface area contributed by atoms with Crippen LogP contribution in [0.15, 0.2) is 0 Å². The highest BCUT2D eigenvalue weighted by Crippen LogP contribution is 2.13. The van der Waals surface area contributed by atoms with Gasteiger partial charge >= 0.3 is 6.03 Å². The van der Waals surface area contributed by atoms with Crippen molar-refractivity contribution in [1.82, 2.24) is 20.8 Å². The van der Waals surface area contributed by atoms with E-state index in [0.717, 1.165) is 5.01 Å². The van der Waals surface area contributed by atoms with E-state index in [1.54, 1.807) is 0 Å². The van der Waals surface area contributed by atoms with Crippen LogP contribution in [-0.2, 0) is 4.79 Å². The first-order valence-electron chi connectivity index (χ1n) is 5.28. The van der Waals surface area contributed by atoms with Gasteiger partial charge < -0.3 is 10.6 Å². The molecule has 1 fully saturated rings. The molecule has 1 atom stereocenters. The number of nitrogens with zero attached hydrogens (tertiary/aromatic N) is 2.